The number of benzene rings is 2. The van der Waals surface area contributed by atoms with Crippen molar-refractivity contribution in [2.24, 2.45) is 16.7 Å². The molecule has 43 heavy (non-hydrogen) atoms. The highest BCUT2D eigenvalue weighted by Gasteiger charge is 2.61. The molecular weight excluding hydrogens is 585 g/mol. The Morgan fingerprint density at radius 2 is 1.72 bits per heavy atom. The molecule has 4 aromatic rings. The largest absolute Gasteiger partial charge is 0.341 e. The lowest BCUT2D eigenvalue weighted by Gasteiger charge is -2.50. The SMILES string of the molecule is CC1(C)C[C@@H]1C(=O)N1CC2(CN(C(=O)c3cnn(Cc4ccccc4)c3)CC2c2nnc(Cc3ccc(Cl)c(Cl)c3)[nH]2)C1. The normalized spacial score (nSPS) is 21.7. The van der Waals surface area contributed by atoms with Gasteiger partial charge >= 0.3 is 0 Å². The first-order valence-corrected chi connectivity index (χ1v) is 15.4. The van der Waals surface area contributed by atoms with Crippen molar-refractivity contribution < 1.29 is 9.59 Å². The monoisotopic (exact) mass is 617 g/mol. The quantitative estimate of drug-likeness (QED) is 0.312. The molecule has 1 saturated carbocycles. The van der Waals surface area contributed by atoms with Gasteiger partial charge in [-0.25, -0.2) is 0 Å². The lowest BCUT2D eigenvalue weighted by molar-refractivity contribution is -0.145. The van der Waals surface area contributed by atoms with Crippen molar-refractivity contribution in [1.29, 1.82) is 0 Å². The number of carbonyl (C=O) groups is 2. The van der Waals surface area contributed by atoms with Crippen LogP contribution >= 0.6 is 23.2 Å². The van der Waals surface area contributed by atoms with Crippen molar-refractivity contribution in [3.05, 3.63) is 99.3 Å². The summed E-state index contributed by atoms with van der Waals surface area (Å²) in [4.78, 5) is 34.3. The maximum absolute atomic E-state index is 13.8. The fourth-order valence-electron chi connectivity index (χ4n) is 6.70. The fraction of sp³-hybridized carbons (Fsp3) is 0.406. The van der Waals surface area contributed by atoms with Crippen molar-refractivity contribution in [2.75, 3.05) is 26.2 Å². The maximum Gasteiger partial charge on any atom is 0.257 e. The molecule has 2 aliphatic heterocycles. The summed E-state index contributed by atoms with van der Waals surface area (Å²) in [5, 5.41) is 14.4. The molecule has 1 spiro atoms. The minimum atomic E-state index is -0.287. The summed E-state index contributed by atoms with van der Waals surface area (Å²) >= 11 is 12.3. The predicted octanol–water partition coefficient (Wildman–Crippen LogP) is 5.06. The fourth-order valence-corrected chi connectivity index (χ4v) is 7.02. The molecule has 2 aromatic heterocycles. The van der Waals surface area contributed by atoms with Crippen LogP contribution in [0, 0.1) is 16.7 Å². The Hall–Kier alpha value is -3.69. The third-order valence-electron chi connectivity index (χ3n) is 9.37. The smallest absolute Gasteiger partial charge is 0.257 e. The van der Waals surface area contributed by atoms with Crippen LogP contribution in [0.3, 0.4) is 0 Å². The molecule has 2 aromatic carbocycles. The molecule has 9 nitrogen and oxygen atoms in total. The minimum absolute atomic E-state index is 0.0650. The predicted molar refractivity (Wildman–Crippen MR) is 163 cm³/mol. The van der Waals surface area contributed by atoms with Crippen LogP contribution < -0.4 is 0 Å². The van der Waals surface area contributed by atoms with Crippen LogP contribution in [-0.4, -0.2) is 72.8 Å². The van der Waals surface area contributed by atoms with E-state index in [1.54, 1.807) is 16.9 Å². The first kappa shape index (κ1) is 28.1. The first-order chi connectivity index (χ1) is 20.6. The van der Waals surface area contributed by atoms with E-state index in [1.165, 1.54) is 0 Å². The van der Waals surface area contributed by atoms with Gasteiger partial charge in [-0.3, -0.25) is 14.3 Å². The summed E-state index contributed by atoms with van der Waals surface area (Å²) in [6.07, 6.45) is 4.90. The number of nitrogens with zero attached hydrogens (tertiary/aromatic N) is 6. The van der Waals surface area contributed by atoms with Crippen molar-refractivity contribution in [2.45, 2.75) is 39.2 Å². The molecular formula is C32H33Cl2N7O2. The number of hydrogen-bond acceptors (Lipinski definition) is 5. The number of likely N-dealkylation sites (tertiary alicyclic amines) is 2. The molecule has 1 unspecified atom stereocenters. The summed E-state index contributed by atoms with van der Waals surface area (Å²) in [5.74, 6) is 1.61. The average molecular weight is 619 g/mol. The molecule has 7 rings (SSSR count). The highest BCUT2D eigenvalue weighted by atomic mass is 35.5. The summed E-state index contributed by atoms with van der Waals surface area (Å²) < 4.78 is 1.79. The van der Waals surface area contributed by atoms with Gasteiger partial charge in [0.1, 0.15) is 11.6 Å². The number of carbonyl (C=O) groups excluding carboxylic acids is 2. The van der Waals surface area contributed by atoms with Crippen LogP contribution in [0.5, 0.6) is 0 Å². The van der Waals surface area contributed by atoms with Gasteiger partial charge in [0, 0.05) is 56.0 Å². The van der Waals surface area contributed by atoms with Crippen molar-refractivity contribution in [3.63, 3.8) is 0 Å². The van der Waals surface area contributed by atoms with Gasteiger partial charge in [-0.15, -0.1) is 10.2 Å². The van der Waals surface area contributed by atoms with Gasteiger partial charge in [0.15, 0.2) is 0 Å². The highest BCUT2D eigenvalue weighted by Crippen LogP contribution is 2.55. The summed E-state index contributed by atoms with van der Waals surface area (Å²) in [6, 6.07) is 15.6. The molecule has 0 radical (unpaired) electrons. The molecule has 0 bridgehead atoms. The summed E-state index contributed by atoms with van der Waals surface area (Å²) in [5.41, 5.74) is 2.42. The summed E-state index contributed by atoms with van der Waals surface area (Å²) in [7, 11) is 0. The van der Waals surface area contributed by atoms with Gasteiger partial charge in [0.05, 0.1) is 28.4 Å². The Morgan fingerprint density at radius 3 is 2.44 bits per heavy atom. The minimum Gasteiger partial charge on any atom is -0.341 e. The Labute approximate surface area is 260 Å². The molecule has 1 N–H and O–H groups in total. The van der Waals surface area contributed by atoms with E-state index < -0.39 is 0 Å². The van der Waals surface area contributed by atoms with Crippen molar-refractivity contribution in [3.8, 4) is 0 Å². The van der Waals surface area contributed by atoms with Crippen LogP contribution in [-0.2, 0) is 17.8 Å². The Morgan fingerprint density at radius 1 is 0.977 bits per heavy atom. The molecule has 222 valence electrons. The molecule has 1 aliphatic carbocycles. The Kier molecular flexibility index (Phi) is 6.85. The van der Waals surface area contributed by atoms with Gasteiger partial charge in [0.25, 0.3) is 5.91 Å². The highest BCUT2D eigenvalue weighted by molar-refractivity contribution is 6.42. The van der Waals surface area contributed by atoms with Crippen molar-refractivity contribution >= 4 is 35.0 Å². The van der Waals surface area contributed by atoms with Crippen molar-refractivity contribution in [1.82, 2.24) is 34.8 Å². The second-order valence-corrected chi connectivity index (χ2v) is 13.8. The molecule has 3 aliphatic rings. The number of H-pyrrole nitrogens is 1. The number of aromatic amines is 1. The Balaban J connectivity index is 1.10. The van der Waals surface area contributed by atoms with Gasteiger partial charge in [-0.2, -0.15) is 5.10 Å². The zero-order valence-electron chi connectivity index (χ0n) is 24.1. The van der Waals surface area contributed by atoms with Crippen LogP contribution in [0.2, 0.25) is 10.0 Å². The lowest BCUT2D eigenvalue weighted by atomic mass is 9.71. The van der Waals surface area contributed by atoms with Gasteiger partial charge < -0.3 is 14.8 Å². The molecule has 2 amide bonds. The van der Waals surface area contributed by atoms with Gasteiger partial charge in [-0.05, 0) is 35.1 Å². The molecule has 2 saturated heterocycles. The zero-order valence-corrected chi connectivity index (χ0v) is 25.6. The van der Waals surface area contributed by atoms with E-state index >= 15 is 0 Å². The van der Waals surface area contributed by atoms with E-state index in [9.17, 15) is 9.59 Å². The number of halogens is 2. The second kappa shape index (κ2) is 10.5. The molecule has 2 atom stereocenters. The number of rotatable bonds is 7. The Bertz CT molecular complexity index is 1690. The van der Waals surface area contributed by atoms with E-state index in [0.717, 1.165) is 23.4 Å². The molecule has 4 heterocycles. The average Bonchev–Trinajstić information content (AvgIpc) is 3.42. The van der Waals surface area contributed by atoms with Gasteiger partial charge in [0.2, 0.25) is 5.91 Å². The number of hydrogen-bond donors (Lipinski definition) is 1. The number of amides is 2. The molecule has 11 heteroatoms. The number of nitrogens with one attached hydrogen (secondary N) is 1. The third-order valence-corrected chi connectivity index (χ3v) is 10.1. The number of aromatic nitrogens is 5. The lowest BCUT2D eigenvalue weighted by Crippen LogP contribution is -2.62. The first-order valence-electron chi connectivity index (χ1n) is 14.6. The second-order valence-electron chi connectivity index (χ2n) is 13.0. The third kappa shape index (κ3) is 5.33. The van der Waals surface area contributed by atoms with Crippen LogP contribution in [0.4, 0.5) is 0 Å². The van der Waals surface area contributed by atoms with Crippen LogP contribution in [0.1, 0.15) is 59.3 Å². The van der Waals surface area contributed by atoms with Crippen LogP contribution in [0.15, 0.2) is 60.9 Å². The standard InChI is InChI=1S/C32H33Cl2N7O2/c1-31(2)12-23(31)30(43)40-18-32(19-40)17-39(29(42)22-13-35-41(15-22)14-20-6-4-3-5-7-20)16-24(32)28-36-27(37-38-28)11-21-8-9-25(33)26(34)10-21/h3-10,13,15,23-24H,11-12,14,16-19H2,1-2H3,(H,36,37,38)/t23-,24?/m1/s1. The molecule has 3 fully saturated rings. The van der Waals surface area contributed by atoms with Gasteiger partial charge in [-0.1, -0.05) is 73.4 Å². The van der Waals surface area contributed by atoms with Crippen LogP contribution in [0.25, 0.3) is 0 Å². The van der Waals surface area contributed by atoms with E-state index in [1.807, 2.05) is 58.5 Å². The van der Waals surface area contributed by atoms with E-state index in [0.29, 0.717) is 60.6 Å². The van der Waals surface area contributed by atoms with E-state index in [2.05, 4.69) is 34.1 Å². The summed E-state index contributed by atoms with van der Waals surface area (Å²) in [6.45, 7) is 7.11. The van der Waals surface area contributed by atoms with E-state index in [4.69, 9.17) is 23.2 Å². The topological polar surface area (TPSA) is 100 Å². The van der Waals surface area contributed by atoms with E-state index in [-0.39, 0.29) is 34.5 Å². The maximum atomic E-state index is 13.8. The zero-order chi connectivity index (χ0) is 29.9.